The van der Waals surface area contributed by atoms with Gasteiger partial charge in [-0.2, -0.15) is 0 Å². The molecule has 0 bridgehead atoms. The Balaban J connectivity index is 0.000000116. The number of hydrogen-bond donors (Lipinski definition) is 0. The minimum Gasteiger partial charge on any atom is -0.456 e. The Morgan fingerprint density at radius 3 is 0.837 bits per heavy atom. The molecule has 3 aromatic heterocycles. The summed E-state index contributed by atoms with van der Waals surface area (Å²) in [6.07, 6.45) is 0. The van der Waals surface area contributed by atoms with E-state index in [-0.39, 0.29) is 143 Å². The van der Waals surface area contributed by atoms with Crippen molar-refractivity contribution in [2.45, 2.75) is 0 Å². The van der Waals surface area contributed by atoms with Crippen LogP contribution in [0.3, 0.4) is 0 Å². The molecule has 0 N–H and O–H groups in total. The molecule has 0 atom stereocenters. The molecule has 141 heavy (non-hydrogen) atoms. The summed E-state index contributed by atoms with van der Waals surface area (Å²) in [5, 5.41) is 20.5. The molecule has 0 saturated heterocycles. The van der Waals surface area contributed by atoms with Crippen molar-refractivity contribution in [1.29, 1.82) is 0 Å². The molecule has 654 valence electrons. The third kappa shape index (κ3) is 13.3. The monoisotopic (exact) mass is 1810 g/mol. The summed E-state index contributed by atoms with van der Waals surface area (Å²) in [6.45, 7) is 0. The van der Waals surface area contributed by atoms with Crippen LogP contribution in [0.25, 0.3) is 295 Å². The predicted octanol–water partition coefficient (Wildman–Crippen LogP) is 39.6. The average Bonchev–Trinajstić information content (AvgIpc) is 1.61. The van der Waals surface area contributed by atoms with Gasteiger partial charge in [-0.25, -0.2) is 0 Å². The molecule has 3 nitrogen and oxygen atoms in total. The van der Waals surface area contributed by atoms with Gasteiger partial charge >= 0.3 is 0 Å². The van der Waals surface area contributed by atoms with E-state index in [0.29, 0.717) is 100 Å². The highest BCUT2D eigenvalue weighted by Gasteiger charge is 2.26. The molecule has 0 unspecified atom stereocenters. The highest BCUT2D eigenvalue weighted by molar-refractivity contribution is 6.30. The Morgan fingerprint density at radius 2 is 0.404 bits per heavy atom. The first kappa shape index (κ1) is 60.0. The first-order valence-electron chi connectivity index (χ1n) is 58.6. The standard InChI is InChI=1S/3C46H28O/c1-2-13-30(14-3-1)43-36-16-6-8-18-38(36)44(39-19-9-7-17-37(39)43)40-21-11-23-42-46(40)45-35(20-10-22-41(45)47-42)32-26-27-34-31(28-32)25-24-29-12-4-5-15-33(29)34;1-2-12-29(13-3-1)45-37-18-8-10-20-39(37)46(40-21-11-9-19-38(40)45)32-23-25-43-42(27-32)36-24-22-31(28-44(36)47-43)41-26-30-14-4-5-15-33(30)34-16-6-7-17-35(34)41;1-2-12-29(13-3-1)45-36-18-8-10-20-38(36)46(39-21-11-9-19-37(39)45)32-23-25-44-42(28-32)41-27-31(22-24-43(41)47-44)40-26-30-14-4-5-15-33(30)34-16-6-7-17-35(34)40/h3*1-28H/i6D,7D,8D,9D,16D,17D,18D,19D;2*8D,9D,10D,11D,18D,19D,20D,21D. The summed E-state index contributed by atoms with van der Waals surface area (Å²) in [6, 6.07) is 110. The first-order valence-corrected chi connectivity index (χ1v) is 46.6. The molecule has 0 aliphatic carbocycles. The Kier molecular flexibility index (Phi) is 14.1. The first-order chi connectivity index (χ1) is 79.9. The van der Waals surface area contributed by atoms with Crippen LogP contribution >= 0.6 is 0 Å². The number of hydrogen-bond acceptors (Lipinski definition) is 3. The Bertz CT molecular complexity index is 11700. The van der Waals surface area contributed by atoms with Gasteiger partial charge < -0.3 is 13.3 Å². The number of furan rings is 3. The molecule has 27 aromatic carbocycles. The molecule has 0 aliphatic rings. The maximum atomic E-state index is 9.41. The predicted molar refractivity (Wildman–Crippen MR) is 600 cm³/mol. The summed E-state index contributed by atoms with van der Waals surface area (Å²) in [4.78, 5) is 0. The summed E-state index contributed by atoms with van der Waals surface area (Å²) in [7, 11) is 0. The fourth-order valence-electron chi connectivity index (χ4n) is 21.7. The summed E-state index contributed by atoms with van der Waals surface area (Å²) < 4.78 is 235. The van der Waals surface area contributed by atoms with Crippen molar-refractivity contribution in [1.82, 2.24) is 0 Å². The van der Waals surface area contributed by atoms with Crippen molar-refractivity contribution in [3.8, 4) is 100 Å². The van der Waals surface area contributed by atoms with E-state index in [2.05, 4.69) is 133 Å². The summed E-state index contributed by atoms with van der Waals surface area (Å²) in [5.41, 5.74) is 14.8. The van der Waals surface area contributed by atoms with Crippen LogP contribution in [0, 0.1) is 0 Å². The van der Waals surface area contributed by atoms with Gasteiger partial charge in [-0.15, -0.1) is 0 Å². The van der Waals surface area contributed by atoms with Gasteiger partial charge in [-0.05, 0) is 308 Å². The van der Waals surface area contributed by atoms with Crippen molar-refractivity contribution in [2.75, 3.05) is 0 Å². The van der Waals surface area contributed by atoms with Gasteiger partial charge in [0.15, 0.2) is 0 Å². The van der Waals surface area contributed by atoms with Crippen LogP contribution in [-0.4, -0.2) is 0 Å². The van der Waals surface area contributed by atoms with Gasteiger partial charge in [-0.3, -0.25) is 0 Å². The molecule has 0 amide bonds. The van der Waals surface area contributed by atoms with Crippen molar-refractivity contribution in [3.63, 3.8) is 0 Å². The summed E-state index contributed by atoms with van der Waals surface area (Å²) in [5.74, 6) is 0. The van der Waals surface area contributed by atoms with Crippen LogP contribution < -0.4 is 0 Å². The highest BCUT2D eigenvalue weighted by atomic mass is 16.3. The number of benzene rings is 27. The molecule has 3 heteroatoms. The molecule has 3 heterocycles. The van der Waals surface area contributed by atoms with E-state index in [1.54, 1.807) is 91.0 Å². The average molecular weight is 1810 g/mol. The summed E-state index contributed by atoms with van der Waals surface area (Å²) >= 11 is 0. The molecule has 0 aliphatic heterocycles. The van der Waals surface area contributed by atoms with Crippen LogP contribution in [0.1, 0.15) is 32.9 Å². The zero-order chi connectivity index (χ0) is 114. The zero-order valence-corrected chi connectivity index (χ0v) is 74.9. The molecule has 0 saturated carbocycles. The van der Waals surface area contributed by atoms with E-state index < -0.39 is 72.5 Å². The minimum atomic E-state index is -0.438. The van der Waals surface area contributed by atoms with E-state index in [4.69, 9.17) is 29.7 Å². The van der Waals surface area contributed by atoms with Crippen LogP contribution in [0.2, 0.25) is 0 Å². The van der Waals surface area contributed by atoms with E-state index >= 15 is 0 Å². The van der Waals surface area contributed by atoms with Crippen molar-refractivity contribution in [2.24, 2.45) is 0 Å². The largest absolute Gasteiger partial charge is 0.456 e. The van der Waals surface area contributed by atoms with Gasteiger partial charge in [0, 0.05) is 32.3 Å². The van der Waals surface area contributed by atoms with Gasteiger partial charge in [0.2, 0.25) is 0 Å². The third-order valence-corrected chi connectivity index (χ3v) is 27.8. The second-order valence-electron chi connectivity index (χ2n) is 35.5. The van der Waals surface area contributed by atoms with E-state index in [1.807, 2.05) is 140 Å². The molecular weight excluding hydrogens is 1710 g/mol. The highest BCUT2D eigenvalue weighted by Crippen LogP contribution is 2.53. The lowest BCUT2D eigenvalue weighted by Crippen LogP contribution is -1.91. The lowest BCUT2D eigenvalue weighted by molar-refractivity contribution is 0.668. The van der Waals surface area contributed by atoms with E-state index in [1.165, 1.54) is 16.2 Å². The van der Waals surface area contributed by atoms with Gasteiger partial charge in [-0.1, -0.05) is 430 Å². The maximum Gasteiger partial charge on any atom is 0.136 e. The quantitative estimate of drug-likeness (QED) is 0.107. The van der Waals surface area contributed by atoms with Crippen LogP contribution in [-0.2, 0) is 0 Å². The van der Waals surface area contributed by atoms with E-state index in [0.717, 1.165) is 109 Å². The Morgan fingerprint density at radius 1 is 0.128 bits per heavy atom. The molecule has 0 fully saturated rings. The van der Waals surface area contributed by atoms with Gasteiger partial charge in [0.1, 0.15) is 33.5 Å². The smallest absolute Gasteiger partial charge is 0.136 e. The third-order valence-electron chi connectivity index (χ3n) is 27.8. The normalized spacial score (nSPS) is 14.2. The molecule has 0 radical (unpaired) electrons. The maximum absolute atomic E-state index is 9.41. The van der Waals surface area contributed by atoms with Gasteiger partial charge in [0.05, 0.1) is 32.9 Å². The van der Waals surface area contributed by atoms with Crippen LogP contribution in [0.15, 0.2) is 522 Å². The minimum absolute atomic E-state index is 0.166. The van der Waals surface area contributed by atoms with Crippen molar-refractivity contribution < 1.29 is 46.1 Å². The second kappa shape index (κ2) is 33.2. The van der Waals surface area contributed by atoms with Crippen LogP contribution in [0.4, 0.5) is 0 Å². The second-order valence-corrected chi connectivity index (χ2v) is 35.5. The van der Waals surface area contributed by atoms with E-state index in [9.17, 15) is 16.4 Å². The lowest BCUT2D eigenvalue weighted by Gasteiger charge is -2.18. The van der Waals surface area contributed by atoms with Crippen molar-refractivity contribution in [3.05, 3.63) is 509 Å². The molecule has 0 spiro atoms. The van der Waals surface area contributed by atoms with Crippen LogP contribution in [0.5, 0.6) is 0 Å². The SMILES string of the molecule is [2H]c1c([2H])c([2H])c2c(-c3ccc4oc5cc(-c6cc7ccccc7c7ccccc67)ccc5c4c3)c3c([2H])c([2H])c([2H])c([2H])c3c(-c3ccccc3)c2c1[2H].[2H]c1c([2H])c([2H])c2c(-c3ccc4oc5ccc(-c6cc7ccccc7c7ccccc67)cc5c4c3)c3c([2H])c([2H])c([2H])c([2H])c3c(-c3ccccc3)c2c1[2H].[2H]c1c([2H])c([2H])c2c(-c3cccc4oc5cccc(-c6ccc7c(ccc8ccccc87)c6)c5c34)c3c([2H])c([2H])c([2H])c([2H])c3c(-c3ccccc3)c2c1[2H]. The fourth-order valence-corrected chi connectivity index (χ4v) is 21.7. The number of fused-ring (bicyclic) bond motifs is 24. The number of rotatable bonds is 9. The lowest BCUT2D eigenvalue weighted by atomic mass is 9.84. The molecular formula is C138H84O3. The molecule has 30 rings (SSSR count). The Labute approximate surface area is 845 Å². The Hall–Kier alpha value is -18.5. The topological polar surface area (TPSA) is 39.4 Å². The van der Waals surface area contributed by atoms with Crippen molar-refractivity contribution >= 4 is 195 Å². The fraction of sp³-hybridized carbons (Fsp3) is 0. The molecule has 30 aromatic rings. The van der Waals surface area contributed by atoms with Gasteiger partial charge in [0.25, 0.3) is 0 Å². The zero-order valence-electron chi connectivity index (χ0n) is 98.9.